The summed E-state index contributed by atoms with van der Waals surface area (Å²) in [5, 5.41) is 0. The summed E-state index contributed by atoms with van der Waals surface area (Å²) in [5.41, 5.74) is 2.81. The van der Waals surface area contributed by atoms with Crippen molar-refractivity contribution in [2.45, 2.75) is 25.2 Å². The van der Waals surface area contributed by atoms with Crippen LogP contribution in [-0.2, 0) is 5.41 Å². The van der Waals surface area contributed by atoms with Crippen LogP contribution in [0.25, 0.3) is 0 Å². The first-order chi connectivity index (χ1) is 8.67. The first-order valence-corrected chi connectivity index (χ1v) is 7.06. The van der Waals surface area contributed by atoms with Crippen molar-refractivity contribution < 1.29 is 0 Å². The number of nitrogens with zero attached hydrogens (tertiary/aromatic N) is 1. The molecular formula is C16H19NS. The van der Waals surface area contributed by atoms with E-state index < -0.39 is 0 Å². The molecule has 1 fully saturated rings. The predicted octanol–water partition coefficient (Wildman–Crippen LogP) is 3.55. The number of benzene rings is 1. The molecule has 0 bridgehead atoms. The fraction of sp³-hybridized carbons (Fsp3) is 0.438. The van der Waals surface area contributed by atoms with Crippen LogP contribution in [0.15, 0.2) is 42.0 Å². The molecule has 0 aromatic heterocycles. The Bertz CT molecular complexity index is 505. The van der Waals surface area contributed by atoms with E-state index in [0.717, 1.165) is 11.5 Å². The van der Waals surface area contributed by atoms with Gasteiger partial charge in [-0.25, -0.2) is 0 Å². The SMILES string of the molecule is CC1=CCC[C@H]2CN(C)C(=S)[C@@]12c1ccccc1. The molecule has 1 saturated heterocycles. The van der Waals surface area contributed by atoms with Gasteiger partial charge in [-0.1, -0.05) is 54.2 Å². The Morgan fingerprint density at radius 3 is 2.72 bits per heavy atom. The van der Waals surface area contributed by atoms with Gasteiger partial charge in [0.25, 0.3) is 0 Å². The summed E-state index contributed by atoms with van der Waals surface area (Å²) in [5.74, 6) is 0.641. The summed E-state index contributed by atoms with van der Waals surface area (Å²) in [7, 11) is 2.14. The third-order valence-electron chi connectivity index (χ3n) is 4.61. The van der Waals surface area contributed by atoms with E-state index in [-0.39, 0.29) is 5.41 Å². The van der Waals surface area contributed by atoms with Crippen molar-refractivity contribution in [1.29, 1.82) is 0 Å². The largest absolute Gasteiger partial charge is 0.368 e. The van der Waals surface area contributed by atoms with E-state index in [2.05, 4.69) is 55.3 Å². The van der Waals surface area contributed by atoms with Gasteiger partial charge in [0, 0.05) is 13.6 Å². The van der Waals surface area contributed by atoms with Gasteiger partial charge >= 0.3 is 0 Å². The van der Waals surface area contributed by atoms with E-state index >= 15 is 0 Å². The van der Waals surface area contributed by atoms with Crippen LogP contribution in [0, 0.1) is 5.92 Å². The van der Waals surface area contributed by atoms with Gasteiger partial charge < -0.3 is 4.90 Å². The number of hydrogen-bond donors (Lipinski definition) is 0. The van der Waals surface area contributed by atoms with Crippen LogP contribution in [0.4, 0.5) is 0 Å². The van der Waals surface area contributed by atoms with E-state index in [1.165, 1.54) is 24.0 Å². The lowest BCUT2D eigenvalue weighted by Gasteiger charge is -2.39. The highest BCUT2D eigenvalue weighted by molar-refractivity contribution is 7.80. The lowest BCUT2D eigenvalue weighted by atomic mass is 9.63. The van der Waals surface area contributed by atoms with Crippen LogP contribution in [0.1, 0.15) is 25.3 Å². The highest BCUT2D eigenvalue weighted by atomic mass is 32.1. The quantitative estimate of drug-likeness (QED) is 0.559. The first kappa shape index (κ1) is 11.9. The van der Waals surface area contributed by atoms with Gasteiger partial charge in [-0.2, -0.15) is 0 Å². The molecule has 1 nitrogen and oxygen atoms in total. The van der Waals surface area contributed by atoms with Crippen LogP contribution >= 0.6 is 12.2 Å². The highest BCUT2D eigenvalue weighted by Crippen LogP contribution is 2.50. The summed E-state index contributed by atoms with van der Waals surface area (Å²) < 4.78 is 0. The third-order valence-corrected chi connectivity index (χ3v) is 5.24. The molecule has 3 rings (SSSR count). The first-order valence-electron chi connectivity index (χ1n) is 6.65. The van der Waals surface area contributed by atoms with E-state index in [9.17, 15) is 0 Å². The Balaban J connectivity index is 2.22. The predicted molar refractivity (Wildman–Crippen MR) is 79.8 cm³/mol. The van der Waals surface area contributed by atoms with Gasteiger partial charge in [-0.15, -0.1) is 0 Å². The maximum Gasteiger partial charge on any atom is 0.0928 e. The molecule has 1 aliphatic heterocycles. The maximum absolute atomic E-state index is 5.80. The molecule has 1 heterocycles. The second-order valence-corrected chi connectivity index (χ2v) is 5.91. The highest BCUT2D eigenvalue weighted by Gasteiger charge is 2.52. The van der Waals surface area contributed by atoms with Crippen molar-refractivity contribution in [1.82, 2.24) is 4.90 Å². The standard InChI is InChI=1S/C16H19NS/c1-12-7-6-10-14-11-17(2)15(18)16(12,14)13-8-4-3-5-9-13/h3-5,7-9,14H,6,10-11H2,1-2H3/t14-,16+/m0/s1. The van der Waals surface area contributed by atoms with Gasteiger partial charge in [0.1, 0.15) is 0 Å². The average Bonchev–Trinajstić information content (AvgIpc) is 2.65. The minimum absolute atomic E-state index is 0.0103. The van der Waals surface area contributed by atoms with E-state index in [4.69, 9.17) is 12.2 Å². The Kier molecular flexibility index (Phi) is 2.78. The maximum atomic E-state index is 5.80. The molecule has 0 N–H and O–H groups in total. The second-order valence-electron chi connectivity index (χ2n) is 5.52. The normalized spacial score (nSPS) is 31.2. The molecule has 1 aromatic carbocycles. The molecule has 18 heavy (non-hydrogen) atoms. The average molecular weight is 257 g/mol. The molecule has 0 spiro atoms. The van der Waals surface area contributed by atoms with Gasteiger partial charge in [-0.3, -0.25) is 0 Å². The van der Waals surface area contributed by atoms with Crippen molar-refractivity contribution >= 4 is 17.2 Å². The molecule has 1 aromatic rings. The van der Waals surface area contributed by atoms with Gasteiger partial charge in [-0.05, 0) is 31.2 Å². The molecule has 94 valence electrons. The van der Waals surface area contributed by atoms with E-state index in [1.807, 2.05) is 0 Å². The summed E-state index contributed by atoms with van der Waals surface area (Å²) in [6.45, 7) is 3.35. The van der Waals surface area contributed by atoms with Crippen LogP contribution in [0.3, 0.4) is 0 Å². The Labute approximate surface area is 114 Å². The van der Waals surface area contributed by atoms with Crippen molar-refractivity contribution in [3.8, 4) is 0 Å². The van der Waals surface area contributed by atoms with Crippen molar-refractivity contribution in [2.75, 3.05) is 13.6 Å². The van der Waals surface area contributed by atoms with Gasteiger partial charge in [0.2, 0.25) is 0 Å². The molecule has 0 unspecified atom stereocenters. The zero-order chi connectivity index (χ0) is 12.8. The summed E-state index contributed by atoms with van der Waals surface area (Å²) in [6.07, 6.45) is 4.83. The Hall–Kier alpha value is -1.15. The van der Waals surface area contributed by atoms with Crippen LogP contribution in [0.2, 0.25) is 0 Å². The van der Waals surface area contributed by atoms with Crippen molar-refractivity contribution in [3.63, 3.8) is 0 Å². The molecule has 0 amide bonds. The molecule has 2 heteroatoms. The molecular weight excluding hydrogens is 238 g/mol. The van der Waals surface area contributed by atoms with Crippen LogP contribution < -0.4 is 0 Å². The number of hydrogen-bond acceptors (Lipinski definition) is 1. The number of fused-ring (bicyclic) bond motifs is 1. The number of thiocarbonyl (C=S) groups is 1. The minimum atomic E-state index is -0.0103. The van der Waals surface area contributed by atoms with Crippen LogP contribution in [0.5, 0.6) is 0 Å². The molecule has 2 atom stereocenters. The molecule has 0 saturated carbocycles. The van der Waals surface area contributed by atoms with E-state index in [1.54, 1.807) is 0 Å². The Morgan fingerprint density at radius 2 is 2.00 bits per heavy atom. The fourth-order valence-corrected chi connectivity index (χ4v) is 4.29. The zero-order valence-electron chi connectivity index (χ0n) is 11.0. The third kappa shape index (κ3) is 1.42. The minimum Gasteiger partial charge on any atom is -0.368 e. The van der Waals surface area contributed by atoms with Crippen molar-refractivity contribution in [3.05, 3.63) is 47.5 Å². The topological polar surface area (TPSA) is 3.24 Å². The van der Waals surface area contributed by atoms with Crippen molar-refractivity contribution in [2.24, 2.45) is 5.92 Å². The van der Waals surface area contributed by atoms with Gasteiger partial charge in [0.15, 0.2) is 0 Å². The molecule has 2 aliphatic rings. The number of rotatable bonds is 1. The summed E-state index contributed by atoms with van der Waals surface area (Å²) in [6, 6.07) is 10.8. The monoisotopic (exact) mass is 257 g/mol. The smallest absolute Gasteiger partial charge is 0.0928 e. The summed E-state index contributed by atoms with van der Waals surface area (Å²) >= 11 is 5.80. The molecule has 1 aliphatic carbocycles. The fourth-order valence-electron chi connectivity index (χ4n) is 3.77. The number of allylic oxidation sites excluding steroid dienone is 1. The number of likely N-dealkylation sites (N-methyl/N-ethyl adjacent to an activating group) is 1. The van der Waals surface area contributed by atoms with Gasteiger partial charge in [0.05, 0.1) is 10.4 Å². The second kappa shape index (κ2) is 4.20. The van der Waals surface area contributed by atoms with E-state index in [0.29, 0.717) is 5.92 Å². The number of likely N-dealkylation sites (tertiary alicyclic amines) is 1. The van der Waals surface area contributed by atoms with Crippen LogP contribution in [-0.4, -0.2) is 23.5 Å². The zero-order valence-corrected chi connectivity index (χ0v) is 11.8. The lowest BCUT2D eigenvalue weighted by Crippen LogP contribution is -2.41. The summed E-state index contributed by atoms with van der Waals surface area (Å²) in [4.78, 5) is 3.38. The lowest BCUT2D eigenvalue weighted by molar-refractivity contribution is 0.365. The Morgan fingerprint density at radius 1 is 1.28 bits per heavy atom. The molecule has 0 radical (unpaired) electrons.